The molecule has 0 aliphatic rings. The van der Waals surface area contributed by atoms with Crippen LogP contribution in [0.1, 0.15) is 27.8 Å². The standard InChI is InChI=1S/C39H78N2O7P2Si5/c1-33-20-23-39(46-53(11,12)13)37(24-33)26-40(31-50(43,47-54(14,15)16)48-55(17,18)19)28-38(30-45-52(8,9)10)41(32-49(3,4)42)27-36-25-35(22-21-34(36)2)29-44-51(5,6)7/h20-25,38H,26-32H2,1-19H3. The lowest BCUT2D eigenvalue weighted by Crippen LogP contribution is -2.49. The molecule has 0 aliphatic heterocycles. The van der Waals surface area contributed by atoms with E-state index in [1.165, 1.54) is 11.1 Å². The number of nitrogens with zero attached hydrogens (tertiary/aromatic N) is 2. The van der Waals surface area contributed by atoms with Crippen molar-refractivity contribution >= 4 is 56.3 Å². The average molecular weight is 889 g/mol. The predicted octanol–water partition coefficient (Wildman–Crippen LogP) is 11.8. The lowest BCUT2D eigenvalue weighted by Gasteiger charge is -2.40. The van der Waals surface area contributed by atoms with Crippen LogP contribution in [-0.4, -0.2) is 96.5 Å². The maximum Gasteiger partial charge on any atom is 0.325 e. The smallest absolute Gasteiger partial charge is 0.325 e. The zero-order valence-corrected chi connectivity index (χ0v) is 44.9. The molecule has 9 nitrogen and oxygen atoms in total. The van der Waals surface area contributed by atoms with Crippen molar-refractivity contribution in [1.82, 2.24) is 9.80 Å². The van der Waals surface area contributed by atoms with Crippen LogP contribution in [0, 0.1) is 13.8 Å². The van der Waals surface area contributed by atoms with E-state index >= 15 is 4.57 Å². The predicted molar refractivity (Wildman–Crippen MR) is 249 cm³/mol. The Bertz CT molecular complexity index is 1620. The van der Waals surface area contributed by atoms with E-state index in [-0.39, 0.29) is 12.3 Å². The quantitative estimate of drug-likeness (QED) is 0.0799. The first kappa shape index (κ1) is 50.7. The minimum absolute atomic E-state index is 0.123. The second kappa shape index (κ2) is 19.7. The molecule has 0 aliphatic carbocycles. The summed E-state index contributed by atoms with van der Waals surface area (Å²) in [6, 6.07) is 12.7. The lowest BCUT2D eigenvalue weighted by molar-refractivity contribution is 0.102. The van der Waals surface area contributed by atoms with Crippen molar-refractivity contribution < 1.29 is 30.8 Å². The van der Waals surface area contributed by atoms with Crippen LogP contribution < -0.4 is 4.43 Å². The zero-order chi connectivity index (χ0) is 42.4. The second-order valence-electron chi connectivity index (χ2n) is 20.7. The first-order chi connectivity index (χ1) is 24.6. The fourth-order valence-electron chi connectivity index (χ4n) is 5.98. The maximum atomic E-state index is 15.1. The van der Waals surface area contributed by atoms with Crippen LogP contribution in [-0.2, 0) is 46.1 Å². The molecule has 0 spiro atoms. The van der Waals surface area contributed by atoms with Gasteiger partial charge in [-0.25, -0.2) is 0 Å². The van der Waals surface area contributed by atoms with E-state index in [4.69, 9.17) is 21.7 Å². The van der Waals surface area contributed by atoms with Crippen LogP contribution >= 0.6 is 14.7 Å². The summed E-state index contributed by atoms with van der Waals surface area (Å²) in [5.41, 5.74) is 5.65. The first-order valence-electron chi connectivity index (χ1n) is 19.8. The van der Waals surface area contributed by atoms with Gasteiger partial charge in [-0.3, -0.25) is 14.4 Å². The fraction of sp³-hybridized carbons (Fsp3) is 0.692. The Labute approximate surface area is 342 Å². The zero-order valence-electron chi connectivity index (χ0n) is 38.1. The van der Waals surface area contributed by atoms with Crippen molar-refractivity contribution in [2.24, 2.45) is 0 Å². The SMILES string of the molecule is Cc1ccc(O[Si](C)(C)C)c(CN(CC(CO[Si](C)(C)C)N(Cc2cc(CO[Si](C)(C)C)ccc2C)CP(C)(C)=O)CP(=O)(O[Si](C)(C)C)O[Si](C)(C)C)c1. The Kier molecular flexibility index (Phi) is 18.2. The number of benzene rings is 2. The van der Waals surface area contributed by atoms with E-state index < -0.39 is 56.3 Å². The highest BCUT2D eigenvalue weighted by molar-refractivity contribution is 7.62. The third kappa shape index (κ3) is 21.9. The van der Waals surface area contributed by atoms with Gasteiger partial charge in [0.15, 0.2) is 33.3 Å². The number of rotatable bonds is 23. The van der Waals surface area contributed by atoms with Gasteiger partial charge in [-0.2, -0.15) is 0 Å². The summed E-state index contributed by atoms with van der Waals surface area (Å²) in [6.07, 6.45) is 0.538. The molecule has 0 heterocycles. The minimum Gasteiger partial charge on any atom is -0.544 e. The second-order valence-corrected chi connectivity index (χ2v) is 49.0. The Morgan fingerprint density at radius 3 is 1.69 bits per heavy atom. The van der Waals surface area contributed by atoms with Crippen LogP contribution in [0.25, 0.3) is 0 Å². The normalized spacial score (nSPS) is 14.6. The van der Waals surface area contributed by atoms with Crippen molar-refractivity contribution in [2.75, 3.05) is 39.1 Å². The Morgan fingerprint density at radius 2 is 1.20 bits per heavy atom. The highest BCUT2D eigenvalue weighted by Crippen LogP contribution is 2.54. The molecule has 1 atom stereocenters. The molecule has 0 bridgehead atoms. The van der Waals surface area contributed by atoms with Gasteiger partial charge in [0.05, 0.1) is 26.6 Å². The molecule has 2 aromatic carbocycles. The fourth-order valence-corrected chi connectivity index (χ4v) is 17.7. The summed E-state index contributed by atoms with van der Waals surface area (Å²) in [5.74, 6) is 0.855. The van der Waals surface area contributed by atoms with E-state index in [0.29, 0.717) is 39.1 Å². The monoisotopic (exact) mass is 888 g/mol. The van der Waals surface area contributed by atoms with Crippen molar-refractivity contribution in [3.05, 3.63) is 64.2 Å². The van der Waals surface area contributed by atoms with Gasteiger partial charge in [0.25, 0.3) is 0 Å². The minimum atomic E-state index is -3.60. The van der Waals surface area contributed by atoms with Crippen molar-refractivity contribution in [2.45, 2.75) is 138 Å². The molecule has 0 radical (unpaired) electrons. The van der Waals surface area contributed by atoms with E-state index in [1.54, 1.807) is 0 Å². The van der Waals surface area contributed by atoms with Crippen LogP contribution in [0.4, 0.5) is 0 Å². The van der Waals surface area contributed by atoms with Crippen molar-refractivity contribution in [3.8, 4) is 5.75 Å². The van der Waals surface area contributed by atoms with E-state index in [9.17, 15) is 4.57 Å². The molecule has 0 fully saturated rings. The molecule has 0 amide bonds. The summed E-state index contributed by atoms with van der Waals surface area (Å²) >= 11 is 0. The third-order valence-corrected chi connectivity index (χ3v) is 19.2. The van der Waals surface area contributed by atoms with Gasteiger partial charge in [0.1, 0.15) is 12.0 Å². The largest absolute Gasteiger partial charge is 0.544 e. The summed E-state index contributed by atoms with van der Waals surface area (Å²) in [7, 11) is -16.4. The highest BCUT2D eigenvalue weighted by atomic mass is 31.2. The molecule has 0 aromatic heterocycles. The Balaban J connectivity index is 2.81. The van der Waals surface area contributed by atoms with Gasteiger partial charge in [-0.05, 0) is 148 Å². The maximum absolute atomic E-state index is 15.1. The molecule has 0 saturated carbocycles. The molecule has 0 N–H and O–H groups in total. The van der Waals surface area contributed by atoms with Gasteiger partial charge in [0, 0.05) is 31.2 Å². The van der Waals surface area contributed by atoms with E-state index in [2.05, 4.69) is 158 Å². The van der Waals surface area contributed by atoms with E-state index in [0.717, 1.165) is 22.4 Å². The van der Waals surface area contributed by atoms with Gasteiger partial charge in [0.2, 0.25) is 8.32 Å². The molecular weight excluding hydrogens is 811 g/mol. The van der Waals surface area contributed by atoms with E-state index in [1.807, 2.05) is 13.3 Å². The molecule has 16 heteroatoms. The number of aryl methyl sites for hydroxylation is 2. The van der Waals surface area contributed by atoms with Crippen LogP contribution in [0.15, 0.2) is 36.4 Å². The molecule has 2 aromatic rings. The molecule has 2 rings (SSSR count). The summed E-state index contributed by atoms with van der Waals surface area (Å²) in [5, 5.41) is 0. The van der Waals surface area contributed by atoms with Crippen molar-refractivity contribution in [1.29, 1.82) is 0 Å². The van der Waals surface area contributed by atoms with Gasteiger partial charge < -0.3 is 26.3 Å². The highest BCUT2D eigenvalue weighted by Gasteiger charge is 2.39. The van der Waals surface area contributed by atoms with Crippen molar-refractivity contribution in [3.63, 3.8) is 0 Å². The van der Waals surface area contributed by atoms with Crippen LogP contribution in [0.2, 0.25) is 98.2 Å². The molecule has 0 saturated heterocycles. The van der Waals surface area contributed by atoms with Crippen LogP contribution in [0.3, 0.4) is 0 Å². The topological polar surface area (TPSA) is 86.8 Å². The molecule has 1 unspecified atom stereocenters. The Hall–Kier alpha value is -0.456. The summed E-state index contributed by atoms with van der Waals surface area (Å²) in [4.78, 5) is 4.58. The van der Waals surface area contributed by atoms with Gasteiger partial charge in [-0.1, -0.05) is 35.9 Å². The number of hydrogen-bond donors (Lipinski definition) is 0. The molecule has 55 heavy (non-hydrogen) atoms. The third-order valence-electron chi connectivity index (χ3n) is 7.90. The number of hydrogen-bond acceptors (Lipinski definition) is 9. The Morgan fingerprint density at radius 1 is 0.636 bits per heavy atom. The molecule has 316 valence electrons. The van der Waals surface area contributed by atoms with Crippen LogP contribution in [0.5, 0.6) is 5.75 Å². The average Bonchev–Trinajstić information content (AvgIpc) is 2.92. The van der Waals surface area contributed by atoms with Gasteiger partial charge >= 0.3 is 7.60 Å². The van der Waals surface area contributed by atoms with Gasteiger partial charge in [-0.15, -0.1) is 0 Å². The summed E-state index contributed by atoms with van der Waals surface area (Å²) < 4.78 is 61.7. The first-order valence-corrected chi connectivity index (χ1v) is 41.3. The molecular formula is C39H78N2O7P2Si5. The lowest BCUT2D eigenvalue weighted by atomic mass is 10.0. The summed E-state index contributed by atoms with van der Waals surface area (Å²) in [6.45, 7) is 42.7.